The van der Waals surface area contributed by atoms with Gasteiger partial charge in [-0.3, -0.25) is 19.2 Å². The van der Waals surface area contributed by atoms with Gasteiger partial charge in [0.1, 0.15) is 11.6 Å². The molecular formula is C13H18O4S2. The van der Waals surface area contributed by atoms with Crippen molar-refractivity contribution < 1.29 is 19.2 Å². The summed E-state index contributed by atoms with van der Waals surface area (Å²) in [6, 6.07) is 0. The maximum absolute atomic E-state index is 11.2. The van der Waals surface area contributed by atoms with E-state index in [0.29, 0.717) is 10.8 Å². The first-order valence-electron chi connectivity index (χ1n) is 5.69. The van der Waals surface area contributed by atoms with Gasteiger partial charge < -0.3 is 0 Å². The molecule has 0 radical (unpaired) electrons. The second-order valence-corrected chi connectivity index (χ2v) is 6.33. The fraction of sp³-hybridized carbons (Fsp3) is 0.538. The van der Waals surface area contributed by atoms with Crippen molar-refractivity contribution >= 4 is 46.7 Å². The zero-order valence-corrected chi connectivity index (χ0v) is 13.2. The fourth-order valence-corrected chi connectivity index (χ4v) is 3.51. The monoisotopic (exact) mass is 302 g/mol. The quantitative estimate of drug-likeness (QED) is 0.214. The van der Waals surface area contributed by atoms with E-state index in [-0.39, 0.29) is 28.7 Å². The van der Waals surface area contributed by atoms with Crippen molar-refractivity contribution in [2.75, 3.05) is 10.8 Å². The summed E-state index contributed by atoms with van der Waals surface area (Å²) in [5.74, 6) is -0.899. The number of rotatable bonds is 9. The van der Waals surface area contributed by atoms with Crippen LogP contribution in [-0.2, 0) is 19.2 Å². The Morgan fingerprint density at radius 3 is 1.79 bits per heavy atom. The molecule has 0 fully saturated rings. The molecule has 0 saturated carbocycles. The van der Waals surface area contributed by atoms with Gasteiger partial charge in [0.05, 0.1) is 11.5 Å². The Morgan fingerprint density at radius 1 is 0.947 bits per heavy atom. The highest BCUT2D eigenvalue weighted by molar-refractivity contribution is 8.17. The van der Waals surface area contributed by atoms with E-state index in [9.17, 15) is 19.2 Å². The van der Waals surface area contributed by atoms with E-state index in [4.69, 9.17) is 0 Å². The highest BCUT2D eigenvalue weighted by atomic mass is 32.2. The number of hydrogen-bond donors (Lipinski definition) is 0. The van der Waals surface area contributed by atoms with Crippen LogP contribution in [0.3, 0.4) is 0 Å². The minimum absolute atomic E-state index is 0.131. The molecule has 6 heteroatoms. The van der Waals surface area contributed by atoms with E-state index in [2.05, 4.69) is 0 Å². The summed E-state index contributed by atoms with van der Waals surface area (Å²) in [5.41, 5.74) is 0.181. The Morgan fingerprint density at radius 2 is 1.42 bits per heavy atom. The number of allylic oxidation sites excluding steroid dienone is 1. The number of ketones is 4. The van der Waals surface area contributed by atoms with Crippen LogP contribution < -0.4 is 0 Å². The van der Waals surface area contributed by atoms with Gasteiger partial charge in [0.15, 0.2) is 11.6 Å². The molecule has 0 aromatic carbocycles. The van der Waals surface area contributed by atoms with Crippen molar-refractivity contribution in [2.24, 2.45) is 5.92 Å². The third kappa shape index (κ3) is 7.32. The molecule has 0 spiro atoms. The van der Waals surface area contributed by atoms with E-state index >= 15 is 0 Å². The van der Waals surface area contributed by atoms with Crippen LogP contribution >= 0.6 is 23.5 Å². The summed E-state index contributed by atoms with van der Waals surface area (Å²) in [5, 5.41) is 2.12. The average Bonchev–Trinajstić information content (AvgIpc) is 2.25. The first kappa shape index (κ1) is 18.1. The molecule has 19 heavy (non-hydrogen) atoms. The van der Waals surface area contributed by atoms with E-state index in [1.54, 1.807) is 0 Å². The fourth-order valence-electron chi connectivity index (χ4n) is 1.27. The van der Waals surface area contributed by atoms with Crippen LogP contribution in [0, 0.1) is 5.92 Å². The number of Topliss-reactive ketones (excluding diaryl/α,β-unsaturated/α-hetero) is 4. The van der Waals surface area contributed by atoms with E-state index < -0.39 is 5.92 Å². The first-order chi connectivity index (χ1) is 8.77. The summed E-state index contributed by atoms with van der Waals surface area (Å²) in [6.45, 7) is 5.51. The number of carbonyl (C=O) groups excluding carboxylic acids is 4. The molecule has 4 nitrogen and oxygen atoms in total. The van der Waals surface area contributed by atoms with Gasteiger partial charge in [-0.05, 0) is 33.1 Å². The zero-order valence-electron chi connectivity index (χ0n) is 11.5. The van der Waals surface area contributed by atoms with Gasteiger partial charge in [-0.1, -0.05) is 0 Å². The molecule has 0 aliphatic rings. The average molecular weight is 302 g/mol. The van der Waals surface area contributed by atoms with Crippen molar-refractivity contribution in [3.8, 4) is 0 Å². The maximum Gasteiger partial charge on any atom is 0.163 e. The van der Waals surface area contributed by atoms with Gasteiger partial charge >= 0.3 is 0 Å². The van der Waals surface area contributed by atoms with Gasteiger partial charge in [-0.25, -0.2) is 0 Å². The molecule has 0 aliphatic heterocycles. The molecule has 0 atom stereocenters. The molecule has 0 heterocycles. The van der Waals surface area contributed by atoms with Gasteiger partial charge in [0.25, 0.3) is 0 Å². The Hall–Kier alpha value is -0.880. The first-order valence-corrected chi connectivity index (χ1v) is 7.90. The Bertz CT molecular complexity index is 383. The predicted molar refractivity (Wildman–Crippen MR) is 79.2 cm³/mol. The van der Waals surface area contributed by atoms with Crippen LogP contribution in [0.25, 0.3) is 0 Å². The Kier molecular flexibility index (Phi) is 8.67. The van der Waals surface area contributed by atoms with Crippen LogP contribution in [0.1, 0.15) is 27.7 Å². The molecule has 0 aromatic rings. The summed E-state index contributed by atoms with van der Waals surface area (Å²) in [6.07, 6.45) is 0. The SMILES string of the molecule is CC(=O)C(=CSCSCC(C(C)=O)C(C)=O)C(C)=O. The molecule has 0 N–H and O–H groups in total. The second kappa shape index (κ2) is 9.09. The molecule has 106 valence electrons. The van der Waals surface area contributed by atoms with Crippen molar-refractivity contribution in [3.05, 3.63) is 11.0 Å². The summed E-state index contributed by atoms with van der Waals surface area (Å²) in [7, 11) is 0. The lowest BCUT2D eigenvalue weighted by molar-refractivity contribution is -0.129. The molecule has 0 rings (SSSR count). The van der Waals surface area contributed by atoms with E-state index in [1.165, 1.54) is 56.6 Å². The molecule has 0 amide bonds. The van der Waals surface area contributed by atoms with Crippen LogP contribution in [0.4, 0.5) is 0 Å². The molecular weight excluding hydrogens is 284 g/mol. The van der Waals surface area contributed by atoms with Crippen molar-refractivity contribution in [3.63, 3.8) is 0 Å². The van der Waals surface area contributed by atoms with E-state index in [0.717, 1.165) is 0 Å². The summed E-state index contributed by atoms with van der Waals surface area (Å²) < 4.78 is 0. The molecule has 0 unspecified atom stereocenters. The highest BCUT2D eigenvalue weighted by Crippen LogP contribution is 2.19. The number of hydrogen-bond acceptors (Lipinski definition) is 6. The van der Waals surface area contributed by atoms with Crippen molar-refractivity contribution in [1.29, 1.82) is 0 Å². The van der Waals surface area contributed by atoms with Crippen molar-refractivity contribution in [2.45, 2.75) is 27.7 Å². The highest BCUT2D eigenvalue weighted by Gasteiger charge is 2.18. The maximum atomic E-state index is 11.2. The molecule has 0 saturated heterocycles. The normalized spacial score (nSPS) is 10.2. The Balaban J connectivity index is 4.21. The minimum Gasteiger partial charge on any atom is -0.299 e. The van der Waals surface area contributed by atoms with Gasteiger partial charge in [0.2, 0.25) is 0 Å². The van der Waals surface area contributed by atoms with Crippen LogP contribution in [0.5, 0.6) is 0 Å². The van der Waals surface area contributed by atoms with E-state index in [1.807, 2.05) is 0 Å². The lowest BCUT2D eigenvalue weighted by atomic mass is 10.0. The third-order valence-corrected chi connectivity index (χ3v) is 4.56. The van der Waals surface area contributed by atoms with Gasteiger partial charge in [-0.2, -0.15) is 0 Å². The summed E-state index contributed by atoms with van der Waals surface area (Å²) in [4.78, 5) is 44.7. The molecule has 0 bridgehead atoms. The van der Waals surface area contributed by atoms with Crippen LogP contribution in [0.15, 0.2) is 11.0 Å². The largest absolute Gasteiger partial charge is 0.299 e. The van der Waals surface area contributed by atoms with Crippen LogP contribution in [-0.4, -0.2) is 34.0 Å². The van der Waals surface area contributed by atoms with Crippen LogP contribution in [0.2, 0.25) is 0 Å². The van der Waals surface area contributed by atoms with Gasteiger partial charge in [-0.15, -0.1) is 23.5 Å². The lowest BCUT2D eigenvalue weighted by Gasteiger charge is -2.08. The number of carbonyl (C=O) groups is 4. The smallest absolute Gasteiger partial charge is 0.163 e. The van der Waals surface area contributed by atoms with Gasteiger partial charge in [0, 0.05) is 10.8 Å². The molecule has 0 aromatic heterocycles. The topological polar surface area (TPSA) is 68.3 Å². The lowest BCUT2D eigenvalue weighted by Crippen LogP contribution is -2.21. The predicted octanol–water partition coefficient (Wildman–Crippen LogP) is 2.27. The third-order valence-electron chi connectivity index (χ3n) is 2.38. The molecule has 0 aliphatic carbocycles. The Labute approximate surface area is 121 Å². The minimum atomic E-state index is -0.560. The number of thioether (sulfide) groups is 2. The standard InChI is InChI=1S/C13H18O4S2/c1-8(14)12(9(2)15)5-18-7-19-6-13(10(3)16)11(4)17/h5,13H,6-7H2,1-4H3. The summed E-state index contributed by atoms with van der Waals surface area (Å²) >= 11 is 2.76. The second-order valence-electron chi connectivity index (χ2n) is 4.07. The zero-order chi connectivity index (χ0) is 15.0. The van der Waals surface area contributed by atoms with Crippen molar-refractivity contribution in [1.82, 2.24) is 0 Å².